The van der Waals surface area contributed by atoms with Gasteiger partial charge in [0, 0.05) is 37.9 Å². The van der Waals surface area contributed by atoms with Gasteiger partial charge in [-0.15, -0.1) is 12.4 Å². The van der Waals surface area contributed by atoms with Crippen molar-refractivity contribution in [2.24, 2.45) is 7.05 Å². The van der Waals surface area contributed by atoms with Crippen LogP contribution in [0.4, 0.5) is 0 Å². The first-order valence-corrected chi connectivity index (χ1v) is 8.27. The molecule has 2 heterocycles. The molecule has 136 valence electrons. The Labute approximate surface area is 154 Å². The third kappa shape index (κ3) is 3.96. The van der Waals surface area contributed by atoms with Crippen molar-refractivity contribution < 1.29 is 9.53 Å². The number of likely N-dealkylation sites (N-methyl/N-ethyl adjacent to an activating group) is 1. The minimum atomic E-state index is 0. The van der Waals surface area contributed by atoms with Crippen LogP contribution in [0.3, 0.4) is 0 Å². The lowest BCUT2D eigenvalue weighted by Gasteiger charge is -2.32. The number of nitrogens with zero attached hydrogens (tertiary/aromatic N) is 3. The van der Waals surface area contributed by atoms with Gasteiger partial charge < -0.3 is 15.0 Å². The van der Waals surface area contributed by atoms with Crippen molar-refractivity contribution in [1.29, 1.82) is 0 Å². The molecule has 1 amide bonds. The van der Waals surface area contributed by atoms with Crippen LogP contribution in [0.5, 0.6) is 5.75 Å². The summed E-state index contributed by atoms with van der Waals surface area (Å²) in [5.41, 5.74) is 2.14. The molecule has 1 fully saturated rings. The Hall–Kier alpha value is -2.05. The first-order valence-electron chi connectivity index (χ1n) is 8.27. The van der Waals surface area contributed by atoms with E-state index < -0.39 is 0 Å². The fourth-order valence-corrected chi connectivity index (χ4v) is 3.25. The van der Waals surface area contributed by atoms with Crippen LogP contribution in [0, 0.1) is 0 Å². The second kappa shape index (κ2) is 8.36. The van der Waals surface area contributed by atoms with Gasteiger partial charge in [0.05, 0.1) is 12.7 Å². The normalized spacial score (nSPS) is 17.1. The van der Waals surface area contributed by atoms with Crippen LogP contribution in [0.25, 0.3) is 11.3 Å². The number of likely N-dealkylation sites (tertiary alicyclic amines) is 1. The molecule has 25 heavy (non-hydrogen) atoms. The molecule has 0 bridgehead atoms. The van der Waals surface area contributed by atoms with Crippen LogP contribution in [-0.2, 0) is 7.05 Å². The molecule has 2 aromatic rings. The van der Waals surface area contributed by atoms with E-state index in [9.17, 15) is 4.79 Å². The monoisotopic (exact) mass is 364 g/mol. The number of amides is 1. The molecular weight excluding hydrogens is 340 g/mol. The van der Waals surface area contributed by atoms with Gasteiger partial charge in [-0.05, 0) is 32.0 Å². The van der Waals surface area contributed by atoms with E-state index in [-0.39, 0.29) is 18.3 Å². The van der Waals surface area contributed by atoms with Gasteiger partial charge in [0.1, 0.15) is 11.4 Å². The molecule has 3 rings (SSSR count). The molecule has 6 nitrogen and oxygen atoms in total. The Morgan fingerprint density at radius 2 is 2.12 bits per heavy atom. The lowest BCUT2D eigenvalue weighted by Crippen LogP contribution is -2.47. The van der Waals surface area contributed by atoms with E-state index in [4.69, 9.17) is 4.74 Å². The van der Waals surface area contributed by atoms with Crippen molar-refractivity contribution in [2.75, 3.05) is 27.2 Å². The molecule has 1 aromatic heterocycles. The first-order chi connectivity index (χ1) is 11.6. The molecule has 1 saturated heterocycles. The number of nitrogens with one attached hydrogen (secondary N) is 1. The Bertz CT molecular complexity index is 732. The van der Waals surface area contributed by atoms with E-state index in [1.807, 2.05) is 43.3 Å². The number of piperidine rings is 1. The van der Waals surface area contributed by atoms with Crippen LogP contribution in [-0.4, -0.2) is 53.9 Å². The summed E-state index contributed by atoms with van der Waals surface area (Å²) in [6.45, 7) is 1.52. The van der Waals surface area contributed by atoms with E-state index in [2.05, 4.69) is 10.4 Å². The summed E-state index contributed by atoms with van der Waals surface area (Å²) >= 11 is 0. The molecule has 0 radical (unpaired) electrons. The zero-order valence-electron chi connectivity index (χ0n) is 14.9. The van der Waals surface area contributed by atoms with Gasteiger partial charge >= 0.3 is 0 Å². The van der Waals surface area contributed by atoms with Crippen LogP contribution in [0.2, 0.25) is 0 Å². The maximum Gasteiger partial charge on any atom is 0.257 e. The molecule has 1 N–H and O–H groups in total. The number of carbonyl (C=O) groups is 1. The van der Waals surface area contributed by atoms with Crippen molar-refractivity contribution in [3.05, 3.63) is 36.0 Å². The summed E-state index contributed by atoms with van der Waals surface area (Å²) in [6, 6.07) is 8.02. The number of methoxy groups -OCH3 is 1. The highest BCUT2D eigenvalue weighted by atomic mass is 35.5. The molecule has 1 aliphatic heterocycles. The molecule has 1 unspecified atom stereocenters. The predicted molar refractivity (Wildman–Crippen MR) is 100 cm³/mol. The van der Waals surface area contributed by atoms with Gasteiger partial charge in [0.2, 0.25) is 0 Å². The minimum absolute atomic E-state index is 0. The van der Waals surface area contributed by atoms with E-state index >= 15 is 0 Å². The van der Waals surface area contributed by atoms with E-state index in [1.54, 1.807) is 18.0 Å². The molecule has 1 atom stereocenters. The van der Waals surface area contributed by atoms with Crippen LogP contribution in [0.15, 0.2) is 30.5 Å². The number of rotatable bonds is 4. The summed E-state index contributed by atoms with van der Waals surface area (Å²) in [4.78, 5) is 15.0. The maximum atomic E-state index is 13.1. The van der Waals surface area contributed by atoms with Gasteiger partial charge in [0.15, 0.2) is 0 Å². The number of aryl methyl sites for hydroxylation is 1. The Morgan fingerprint density at radius 1 is 1.36 bits per heavy atom. The number of carbonyl (C=O) groups excluding carboxylic acids is 1. The highest BCUT2D eigenvalue weighted by Gasteiger charge is 2.27. The molecule has 0 aliphatic carbocycles. The van der Waals surface area contributed by atoms with Gasteiger partial charge in [-0.2, -0.15) is 5.10 Å². The standard InChI is InChI=1S/C18H24N4O2.ClH/c1-19-13-7-6-10-22(11-13)18(23)15-12-21(2)20-17(15)14-8-4-5-9-16(14)24-3;/h4-5,8-9,12-13,19H,6-7,10-11H2,1-3H3;1H. The minimum Gasteiger partial charge on any atom is -0.496 e. The Kier molecular flexibility index (Phi) is 6.45. The fourth-order valence-electron chi connectivity index (χ4n) is 3.25. The summed E-state index contributed by atoms with van der Waals surface area (Å²) in [5, 5.41) is 7.79. The van der Waals surface area contributed by atoms with Crippen LogP contribution >= 0.6 is 12.4 Å². The SMILES string of the molecule is CNC1CCCN(C(=O)c2cn(C)nc2-c2ccccc2OC)C1.Cl. The quantitative estimate of drug-likeness (QED) is 0.904. The zero-order valence-corrected chi connectivity index (χ0v) is 15.7. The van der Waals surface area contributed by atoms with Gasteiger partial charge in [-0.25, -0.2) is 0 Å². The average molecular weight is 365 g/mol. The second-order valence-electron chi connectivity index (χ2n) is 6.14. The maximum absolute atomic E-state index is 13.1. The molecule has 7 heteroatoms. The largest absolute Gasteiger partial charge is 0.496 e. The summed E-state index contributed by atoms with van der Waals surface area (Å²) in [5.74, 6) is 0.751. The number of aromatic nitrogens is 2. The van der Waals surface area contributed by atoms with Gasteiger partial charge in [-0.3, -0.25) is 9.48 Å². The van der Waals surface area contributed by atoms with Crippen molar-refractivity contribution in [3.63, 3.8) is 0 Å². The number of halogens is 1. The van der Waals surface area contributed by atoms with Gasteiger partial charge in [-0.1, -0.05) is 12.1 Å². The third-order valence-electron chi connectivity index (χ3n) is 4.54. The highest BCUT2D eigenvalue weighted by Crippen LogP contribution is 2.31. The van der Waals surface area contributed by atoms with Crippen molar-refractivity contribution in [1.82, 2.24) is 20.0 Å². The third-order valence-corrected chi connectivity index (χ3v) is 4.54. The zero-order chi connectivity index (χ0) is 17.1. The van der Waals surface area contributed by atoms with E-state index in [0.29, 0.717) is 17.3 Å². The van der Waals surface area contributed by atoms with Crippen molar-refractivity contribution in [3.8, 4) is 17.0 Å². The van der Waals surface area contributed by atoms with Crippen molar-refractivity contribution >= 4 is 18.3 Å². The number of benzene rings is 1. The number of hydrogen-bond acceptors (Lipinski definition) is 4. The summed E-state index contributed by atoms with van der Waals surface area (Å²) in [7, 11) is 5.41. The Morgan fingerprint density at radius 3 is 2.84 bits per heavy atom. The number of ether oxygens (including phenoxy) is 1. The lowest BCUT2D eigenvalue weighted by molar-refractivity contribution is 0.0699. The Balaban J connectivity index is 0.00000225. The molecule has 1 aliphatic rings. The van der Waals surface area contributed by atoms with Gasteiger partial charge in [0.25, 0.3) is 5.91 Å². The van der Waals surface area contributed by atoms with E-state index in [1.165, 1.54) is 0 Å². The van der Waals surface area contributed by atoms with Crippen LogP contribution < -0.4 is 10.1 Å². The lowest BCUT2D eigenvalue weighted by atomic mass is 10.0. The second-order valence-corrected chi connectivity index (χ2v) is 6.14. The predicted octanol–water partition coefficient (Wildman–Crippen LogP) is 2.34. The molecule has 0 spiro atoms. The first kappa shape index (κ1) is 19.3. The fraction of sp³-hybridized carbons (Fsp3) is 0.444. The molecular formula is C18H25ClN4O2. The number of hydrogen-bond donors (Lipinski definition) is 1. The number of para-hydroxylation sites is 1. The van der Waals surface area contributed by atoms with Crippen LogP contribution in [0.1, 0.15) is 23.2 Å². The molecule has 0 saturated carbocycles. The van der Waals surface area contributed by atoms with Crippen molar-refractivity contribution in [2.45, 2.75) is 18.9 Å². The smallest absolute Gasteiger partial charge is 0.257 e. The topological polar surface area (TPSA) is 59.4 Å². The summed E-state index contributed by atoms with van der Waals surface area (Å²) in [6.07, 6.45) is 3.92. The average Bonchev–Trinajstić information content (AvgIpc) is 3.02. The molecule has 1 aromatic carbocycles. The summed E-state index contributed by atoms with van der Waals surface area (Å²) < 4.78 is 7.13. The van der Waals surface area contributed by atoms with E-state index in [0.717, 1.165) is 37.2 Å². The highest BCUT2D eigenvalue weighted by molar-refractivity contribution is 6.00.